The van der Waals surface area contributed by atoms with Gasteiger partial charge >= 0.3 is 5.97 Å². The van der Waals surface area contributed by atoms with E-state index in [4.69, 9.17) is 5.11 Å². The maximum absolute atomic E-state index is 13.1. The molecular weight excluding hydrogens is 204 g/mol. The van der Waals surface area contributed by atoms with Gasteiger partial charge in [0.15, 0.2) is 0 Å². The Kier molecular flexibility index (Phi) is 6.40. The van der Waals surface area contributed by atoms with E-state index in [1.807, 2.05) is 13.8 Å². The summed E-state index contributed by atoms with van der Waals surface area (Å²) in [5.74, 6) is -4.58. The summed E-state index contributed by atoms with van der Waals surface area (Å²) in [6.07, 6.45) is 0.503. The van der Waals surface area contributed by atoms with Crippen molar-refractivity contribution in [1.82, 2.24) is 4.90 Å². The van der Waals surface area contributed by atoms with Crippen LogP contribution in [0.15, 0.2) is 0 Å². The van der Waals surface area contributed by atoms with E-state index < -0.39 is 24.9 Å². The van der Waals surface area contributed by atoms with Gasteiger partial charge in [0.1, 0.15) is 6.42 Å². The minimum absolute atomic E-state index is 0.457. The lowest BCUT2D eigenvalue weighted by Gasteiger charge is -2.25. The van der Waals surface area contributed by atoms with Gasteiger partial charge in [0.25, 0.3) is 5.92 Å². The van der Waals surface area contributed by atoms with Crippen molar-refractivity contribution < 1.29 is 18.7 Å². The summed E-state index contributed by atoms with van der Waals surface area (Å²) in [5.41, 5.74) is 0. The van der Waals surface area contributed by atoms with Crippen LogP contribution in [0.5, 0.6) is 0 Å². The number of carboxylic acids is 1. The summed E-state index contributed by atoms with van der Waals surface area (Å²) in [7, 11) is 0. The van der Waals surface area contributed by atoms with E-state index in [0.29, 0.717) is 13.1 Å². The third-order valence-corrected chi connectivity index (χ3v) is 1.94. The normalized spacial score (nSPS) is 12.1. The molecular formula is C10H19F2NO2. The second-order valence-corrected chi connectivity index (χ2v) is 3.70. The summed E-state index contributed by atoms with van der Waals surface area (Å²) in [4.78, 5) is 11.8. The van der Waals surface area contributed by atoms with Gasteiger partial charge in [-0.25, -0.2) is 8.78 Å². The Morgan fingerprint density at radius 1 is 1.27 bits per heavy atom. The number of hydrogen-bond donors (Lipinski definition) is 1. The van der Waals surface area contributed by atoms with E-state index in [1.54, 1.807) is 4.90 Å². The van der Waals surface area contributed by atoms with Gasteiger partial charge in [0.05, 0.1) is 6.54 Å². The molecule has 0 spiro atoms. The van der Waals surface area contributed by atoms with Crippen molar-refractivity contribution in [2.45, 2.75) is 39.0 Å². The molecule has 0 fully saturated rings. The zero-order chi connectivity index (χ0) is 11.9. The summed E-state index contributed by atoms with van der Waals surface area (Å²) < 4.78 is 26.3. The Balaban J connectivity index is 4.16. The molecule has 0 heterocycles. The van der Waals surface area contributed by atoms with Gasteiger partial charge in [-0.2, -0.15) is 0 Å². The maximum Gasteiger partial charge on any atom is 0.309 e. The molecule has 0 aliphatic carbocycles. The zero-order valence-corrected chi connectivity index (χ0v) is 9.30. The molecule has 0 amide bonds. The Morgan fingerprint density at radius 3 is 2.07 bits per heavy atom. The average molecular weight is 223 g/mol. The summed E-state index contributed by atoms with van der Waals surface area (Å²) >= 11 is 0. The first-order valence-corrected chi connectivity index (χ1v) is 5.23. The van der Waals surface area contributed by atoms with Gasteiger partial charge in [-0.15, -0.1) is 0 Å². The van der Waals surface area contributed by atoms with E-state index in [1.165, 1.54) is 0 Å². The van der Waals surface area contributed by atoms with Crippen molar-refractivity contribution in [2.75, 3.05) is 19.6 Å². The quantitative estimate of drug-likeness (QED) is 0.686. The van der Waals surface area contributed by atoms with Crippen molar-refractivity contribution in [1.29, 1.82) is 0 Å². The number of hydrogen-bond acceptors (Lipinski definition) is 2. The van der Waals surface area contributed by atoms with Gasteiger partial charge in [-0.05, 0) is 25.9 Å². The van der Waals surface area contributed by atoms with E-state index in [2.05, 4.69) is 0 Å². The van der Waals surface area contributed by atoms with E-state index in [9.17, 15) is 13.6 Å². The molecule has 90 valence electrons. The number of nitrogens with zero attached hydrogens (tertiary/aromatic N) is 1. The highest BCUT2D eigenvalue weighted by Crippen LogP contribution is 2.20. The van der Waals surface area contributed by atoms with Crippen LogP contribution in [-0.4, -0.2) is 41.5 Å². The lowest BCUT2D eigenvalue weighted by atomic mass is 10.2. The van der Waals surface area contributed by atoms with Gasteiger partial charge in [-0.3, -0.25) is 9.69 Å². The summed E-state index contributed by atoms with van der Waals surface area (Å²) in [6.45, 7) is 4.54. The monoisotopic (exact) mass is 223 g/mol. The molecule has 0 aromatic rings. The first-order chi connectivity index (χ1) is 6.91. The molecule has 0 aromatic heterocycles. The van der Waals surface area contributed by atoms with Crippen LogP contribution >= 0.6 is 0 Å². The van der Waals surface area contributed by atoms with E-state index in [-0.39, 0.29) is 0 Å². The van der Waals surface area contributed by atoms with Crippen LogP contribution in [0, 0.1) is 0 Å². The standard InChI is InChI=1S/C10H19F2NO2/c1-3-5-13(6-4-2)8-10(11,12)7-9(14)15/h3-8H2,1-2H3,(H,14,15). The van der Waals surface area contributed by atoms with Gasteiger partial charge in [0, 0.05) is 0 Å². The highest BCUT2D eigenvalue weighted by molar-refractivity contribution is 5.67. The van der Waals surface area contributed by atoms with Gasteiger partial charge in [-0.1, -0.05) is 13.8 Å². The Hall–Kier alpha value is -0.710. The Labute approximate surface area is 89.1 Å². The number of carboxylic acid groups (broad SMARTS) is 1. The van der Waals surface area contributed by atoms with Gasteiger partial charge in [0.2, 0.25) is 0 Å². The van der Waals surface area contributed by atoms with E-state index in [0.717, 1.165) is 12.8 Å². The summed E-state index contributed by atoms with van der Waals surface area (Å²) in [6, 6.07) is 0. The second kappa shape index (κ2) is 6.71. The lowest BCUT2D eigenvalue weighted by Crippen LogP contribution is -2.39. The minimum Gasteiger partial charge on any atom is -0.481 e. The topological polar surface area (TPSA) is 40.5 Å². The molecule has 0 rings (SSSR count). The Bertz CT molecular complexity index is 192. The molecule has 0 aliphatic rings. The number of rotatable bonds is 8. The van der Waals surface area contributed by atoms with Crippen LogP contribution in [0.25, 0.3) is 0 Å². The van der Waals surface area contributed by atoms with E-state index >= 15 is 0 Å². The highest BCUT2D eigenvalue weighted by Gasteiger charge is 2.34. The molecule has 1 N–H and O–H groups in total. The van der Waals surface area contributed by atoms with Crippen molar-refractivity contribution >= 4 is 5.97 Å². The molecule has 0 aromatic carbocycles. The van der Waals surface area contributed by atoms with Crippen LogP contribution in [0.4, 0.5) is 8.78 Å². The Morgan fingerprint density at radius 2 is 1.73 bits per heavy atom. The molecule has 0 saturated heterocycles. The van der Waals surface area contributed by atoms with Crippen LogP contribution in [0.1, 0.15) is 33.1 Å². The molecule has 0 unspecified atom stereocenters. The largest absolute Gasteiger partial charge is 0.481 e. The lowest BCUT2D eigenvalue weighted by molar-refractivity contribution is -0.146. The van der Waals surface area contributed by atoms with Gasteiger partial charge < -0.3 is 5.11 Å². The smallest absolute Gasteiger partial charge is 0.309 e. The SMILES string of the molecule is CCCN(CCC)CC(F)(F)CC(=O)O. The fraction of sp³-hybridized carbons (Fsp3) is 0.900. The fourth-order valence-corrected chi connectivity index (χ4v) is 1.51. The first-order valence-electron chi connectivity index (χ1n) is 5.23. The fourth-order valence-electron chi connectivity index (χ4n) is 1.51. The number of aliphatic carboxylic acids is 1. The average Bonchev–Trinajstić information content (AvgIpc) is 2.01. The summed E-state index contributed by atoms with van der Waals surface area (Å²) in [5, 5.41) is 8.32. The number of alkyl halides is 2. The predicted molar refractivity (Wildman–Crippen MR) is 54.2 cm³/mol. The van der Waals surface area contributed by atoms with Crippen molar-refractivity contribution in [3.05, 3.63) is 0 Å². The molecule has 0 bridgehead atoms. The molecule has 0 saturated carbocycles. The molecule has 3 nitrogen and oxygen atoms in total. The number of carbonyl (C=O) groups is 1. The van der Waals surface area contributed by atoms with Crippen LogP contribution in [-0.2, 0) is 4.79 Å². The van der Waals surface area contributed by atoms with Crippen LogP contribution in [0.2, 0.25) is 0 Å². The molecule has 0 atom stereocenters. The first kappa shape index (κ1) is 14.3. The van der Waals surface area contributed by atoms with Crippen molar-refractivity contribution in [3.63, 3.8) is 0 Å². The zero-order valence-electron chi connectivity index (χ0n) is 9.30. The third kappa shape index (κ3) is 7.25. The molecule has 0 radical (unpaired) electrons. The minimum atomic E-state index is -3.13. The third-order valence-electron chi connectivity index (χ3n) is 1.94. The van der Waals surface area contributed by atoms with Crippen LogP contribution in [0.3, 0.4) is 0 Å². The second-order valence-electron chi connectivity index (χ2n) is 3.70. The molecule has 0 aliphatic heterocycles. The predicted octanol–water partition coefficient (Wildman–Crippen LogP) is 2.22. The molecule has 15 heavy (non-hydrogen) atoms. The van der Waals surface area contributed by atoms with Crippen LogP contribution < -0.4 is 0 Å². The maximum atomic E-state index is 13.1. The van der Waals surface area contributed by atoms with Crippen molar-refractivity contribution in [2.24, 2.45) is 0 Å². The highest BCUT2D eigenvalue weighted by atomic mass is 19.3. The number of halogens is 2. The molecule has 5 heteroatoms. The van der Waals surface area contributed by atoms with Crippen molar-refractivity contribution in [3.8, 4) is 0 Å².